The summed E-state index contributed by atoms with van der Waals surface area (Å²) in [5.41, 5.74) is 1.64. The third-order valence-electron chi connectivity index (χ3n) is 5.32. The van der Waals surface area contributed by atoms with E-state index in [1.54, 1.807) is 0 Å². The molecule has 2 aliphatic carbocycles. The molecule has 2 nitrogen and oxygen atoms in total. The molecular weight excluding hydrogens is 282 g/mol. The van der Waals surface area contributed by atoms with Crippen molar-refractivity contribution >= 4 is 11.6 Å². The van der Waals surface area contributed by atoms with Crippen molar-refractivity contribution in [2.75, 3.05) is 6.54 Å². The number of nitrogens with one attached hydrogen (secondary N) is 1. The lowest BCUT2D eigenvalue weighted by atomic mass is 9.60. The number of hydrogen-bond acceptors (Lipinski definition) is 2. The molecule has 2 fully saturated rings. The summed E-state index contributed by atoms with van der Waals surface area (Å²) in [5.74, 6) is 0. The summed E-state index contributed by atoms with van der Waals surface area (Å²) in [4.78, 5) is 0. The first-order valence-electron chi connectivity index (χ1n) is 8.34. The molecule has 2 unspecified atom stereocenters. The second kappa shape index (κ2) is 6.68. The number of hydrogen-bond donors (Lipinski definition) is 1. The molecule has 1 spiro atoms. The third kappa shape index (κ3) is 3.13. The molecular formula is C18H26ClNO. The predicted molar refractivity (Wildman–Crippen MR) is 87.6 cm³/mol. The van der Waals surface area contributed by atoms with Gasteiger partial charge in [-0.05, 0) is 49.9 Å². The molecule has 2 saturated carbocycles. The van der Waals surface area contributed by atoms with Gasteiger partial charge in [0.1, 0.15) is 0 Å². The normalized spacial score (nSPS) is 27.0. The minimum atomic E-state index is 0.418. The molecule has 116 valence electrons. The van der Waals surface area contributed by atoms with Gasteiger partial charge in [-0.15, -0.1) is 0 Å². The van der Waals surface area contributed by atoms with E-state index < -0.39 is 0 Å². The van der Waals surface area contributed by atoms with E-state index in [1.165, 1.54) is 44.1 Å². The van der Waals surface area contributed by atoms with E-state index in [9.17, 15) is 0 Å². The summed E-state index contributed by atoms with van der Waals surface area (Å²) in [6.45, 7) is 4.09. The Balaban J connectivity index is 1.57. The van der Waals surface area contributed by atoms with E-state index in [4.69, 9.17) is 16.3 Å². The highest BCUT2D eigenvalue weighted by atomic mass is 35.5. The number of halogens is 1. The molecule has 1 N–H and O–H groups in total. The molecule has 3 heteroatoms. The zero-order valence-corrected chi connectivity index (χ0v) is 13.7. The van der Waals surface area contributed by atoms with Gasteiger partial charge in [-0.3, -0.25) is 0 Å². The van der Waals surface area contributed by atoms with Gasteiger partial charge in [-0.25, -0.2) is 0 Å². The summed E-state index contributed by atoms with van der Waals surface area (Å²) < 4.78 is 6.27. The molecule has 0 amide bonds. The Morgan fingerprint density at radius 1 is 1.24 bits per heavy atom. The van der Waals surface area contributed by atoms with E-state index in [1.807, 2.05) is 12.1 Å². The molecule has 3 rings (SSSR count). The topological polar surface area (TPSA) is 21.3 Å². The van der Waals surface area contributed by atoms with Gasteiger partial charge in [0, 0.05) is 16.5 Å². The van der Waals surface area contributed by atoms with Crippen LogP contribution in [0.4, 0.5) is 0 Å². The molecule has 0 aliphatic heterocycles. The fourth-order valence-corrected chi connectivity index (χ4v) is 4.19. The first kappa shape index (κ1) is 15.3. The van der Waals surface area contributed by atoms with Gasteiger partial charge in [0.25, 0.3) is 0 Å². The van der Waals surface area contributed by atoms with Crippen LogP contribution >= 0.6 is 11.6 Å². The highest BCUT2D eigenvalue weighted by Crippen LogP contribution is 2.54. The molecule has 1 aromatic carbocycles. The van der Waals surface area contributed by atoms with Crippen LogP contribution in [0.15, 0.2) is 24.3 Å². The SMILES string of the molecule is CCCNC1CC(OCc2ccc(Cl)cc2)C12CCCC2. The maximum atomic E-state index is 6.27. The zero-order valence-electron chi connectivity index (χ0n) is 12.9. The van der Waals surface area contributed by atoms with Gasteiger partial charge in [0.15, 0.2) is 0 Å². The molecule has 2 aliphatic rings. The van der Waals surface area contributed by atoms with Crippen LogP contribution < -0.4 is 5.32 Å². The first-order valence-corrected chi connectivity index (χ1v) is 8.72. The van der Waals surface area contributed by atoms with Gasteiger partial charge in [0.05, 0.1) is 12.7 Å². The Labute approximate surface area is 133 Å². The molecule has 1 aromatic rings. The van der Waals surface area contributed by atoms with E-state index in [0.29, 0.717) is 24.2 Å². The second-order valence-corrected chi connectivity index (χ2v) is 7.05. The van der Waals surface area contributed by atoms with Crippen molar-refractivity contribution in [2.45, 2.75) is 64.2 Å². The summed E-state index contributed by atoms with van der Waals surface area (Å²) >= 11 is 5.93. The van der Waals surface area contributed by atoms with Crippen LogP contribution in [-0.4, -0.2) is 18.7 Å². The largest absolute Gasteiger partial charge is 0.373 e. The lowest BCUT2D eigenvalue weighted by Crippen LogP contribution is -2.62. The number of benzene rings is 1. The van der Waals surface area contributed by atoms with Crippen LogP contribution in [0.1, 0.15) is 51.0 Å². The van der Waals surface area contributed by atoms with Crippen molar-refractivity contribution in [1.82, 2.24) is 5.32 Å². The summed E-state index contributed by atoms with van der Waals surface area (Å²) in [6, 6.07) is 8.69. The van der Waals surface area contributed by atoms with Gasteiger partial charge < -0.3 is 10.1 Å². The minimum absolute atomic E-state index is 0.418. The Morgan fingerprint density at radius 3 is 2.62 bits per heavy atom. The quantitative estimate of drug-likeness (QED) is 0.832. The highest BCUT2D eigenvalue weighted by molar-refractivity contribution is 6.30. The number of rotatable bonds is 6. The lowest BCUT2D eigenvalue weighted by molar-refractivity contribution is -0.140. The Morgan fingerprint density at radius 2 is 1.95 bits per heavy atom. The van der Waals surface area contributed by atoms with Crippen molar-refractivity contribution in [3.63, 3.8) is 0 Å². The first-order chi connectivity index (χ1) is 10.2. The summed E-state index contributed by atoms with van der Waals surface area (Å²) in [5, 5.41) is 4.53. The molecule has 0 radical (unpaired) electrons. The van der Waals surface area contributed by atoms with Crippen LogP contribution in [0.2, 0.25) is 5.02 Å². The van der Waals surface area contributed by atoms with E-state index in [-0.39, 0.29) is 0 Å². The number of ether oxygens (including phenoxy) is 1. The fourth-order valence-electron chi connectivity index (χ4n) is 4.07. The van der Waals surface area contributed by atoms with Gasteiger partial charge in [-0.1, -0.05) is 43.5 Å². The average molecular weight is 308 g/mol. The van der Waals surface area contributed by atoms with Crippen LogP contribution in [0.5, 0.6) is 0 Å². The summed E-state index contributed by atoms with van der Waals surface area (Å²) in [7, 11) is 0. The standard InChI is InChI=1S/C18H26ClNO/c1-2-11-20-16-12-17(18(16)9-3-4-10-18)21-13-14-5-7-15(19)8-6-14/h5-8,16-17,20H,2-4,9-13H2,1H3. The third-order valence-corrected chi connectivity index (χ3v) is 5.58. The van der Waals surface area contributed by atoms with E-state index in [2.05, 4.69) is 24.4 Å². The van der Waals surface area contributed by atoms with E-state index in [0.717, 1.165) is 11.6 Å². The minimum Gasteiger partial charge on any atom is -0.373 e. The zero-order chi connectivity index (χ0) is 14.7. The Hall–Kier alpha value is -0.570. The van der Waals surface area contributed by atoms with Gasteiger partial charge in [0.2, 0.25) is 0 Å². The smallest absolute Gasteiger partial charge is 0.0720 e. The average Bonchev–Trinajstić information content (AvgIpc) is 3.00. The van der Waals surface area contributed by atoms with Crippen LogP contribution in [0, 0.1) is 5.41 Å². The lowest BCUT2D eigenvalue weighted by Gasteiger charge is -2.54. The molecule has 0 aromatic heterocycles. The molecule has 0 bridgehead atoms. The second-order valence-electron chi connectivity index (χ2n) is 6.61. The molecule has 0 saturated heterocycles. The molecule has 2 atom stereocenters. The summed E-state index contributed by atoms with van der Waals surface area (Å²) in [6.07, 6.45) is 8.22. The van der Waals surface area contributed by atoms with Crippen LogP contribution in [-0.2, 0) is 11.3 Å². The predicted octanol–water partition coefficient (Wildman–Crippen LogP) is 4.56. The van der Waals surface area contributed by atoms with Crippen molar-refractivity contribution in [3.8, 4) is 0 Å². The van der Waals surface area contributed by atoms with Gasteiger partial charge >= 0.3 is 0 Å². The monoisotopic (exact) mass is 307 g/mol. The van der Waals surface area contributed by atoms with Crippen molar-refractivity contribution in [3.05, 3.63) is 34.9 Å². The van der Waals surface area contributed by atoms with Crippen molar-refractivity contribution in [1.29, 1.82) is 0 Å². The maximum absolute atomic E-state index is 6.27. The van der Waals surface area contributed by atoms with Crippen LogP contribution in [0.3, 0.4) is 0 Å². The van der Waals surface area contributed by atoms with Crippen molar-refractivity contribution in [2.24, 2.45) is 5.41 Å². The van der Waals surface area contributed by atoms with Gasteiger partial charge in [-0.2, -0.15) is 0 Å². The Kier molecular flexibility index (Phi) is 4.88. The molecule has 21 heavy (non-hydrogen) atoms. The Bertz CT molecular complexity index is 453. The fraction of sp³-hybridized carbons (Fsp3) is 0.667. The van der Waals surface area contributed by atoms with E-state index >= 15 is 0 Å². The highest BCUT2D eigenvalue weighted by Gasteiger charge is 2.56. The van der Waals surface area contributed by atoms with Crippen molar-refractivity contribution < 1.29 is 4.74 Å². The van der Waals surface area contributed by atoms with Crippen LogP contribution in [0.25, 0.3) is 0 Å². The maximum Gasteiger partial charge on any atom is 0.0720 e. The molecule has 0 heterocycles.